The molecule has 1 aromatic heterocycles. The highest BCUT2D eigenvalue weighted by molar-refractivity contribution is 5.69. The summed E-state index contributed by atoms with van der Waals surface area (Å²) < 4.78 is 10.8. The summed E-state index contributed by atoms with van der Waals surface area (Å²) in [6.07, 6.45) is 2.25. The van der Waals surface area contributed by atoms with E-state index in [0.29, 0.717) is 6.54 Å². The summed E-state index contributed by atoms with van der Waals surface area (Å²) in [7, 11) is 0. The molecule has 1 heterocycles. The van der Waals surface area contributed by atoms with Crippen molar-refractivity contribution in [3.8, 4) is 0 Å². The van der Waals surface area contributed by atoms with Gasteiger partial charge in [-0.1, -0.05) is 0 Å². The average Bonchev–Trinajstić information content (AvgIpc) is 2.82. The summed E-state index contributed by atoms with van der Waals surface area (Å²) in [5.74, 6) is 0.965. The van der Waals surface area contributed by atoms with Gasteiger partial charge in [-0.05, 0) is 53.7 Å². The molecule has 0 saturated carbocycles. The number of carbonyl (C=O) groups excluding carboxylic acids is 1. The van der Waals surface area contributed by atoms with Gasteiger partial charge in [-0.2, -0.15) is 0 Å². The first kappa shape index (κ1) is 18.6. The minimum Gasteiger partial charge on any atom is -0.469 e. The van der Waals surface area contributed by atoms with Crippen molar-refractivity contribution in [2.45, 2.75) is 59.1 Å². The van der Waals surface area contributed by atoms with Crippen molar-refractivity contribution in [3.05, 3.63) is 24.2 Å². The number of hydrogen-bond donors (Lipinski definition) is 1. The molecule has 0 aliphatic rings. The summed E-state index contributed by atoms with van der Waals surface area (Å²) in [6, 6.07) is 3.85. The van der Waals surface area contributed by atoms with Crippen molar-refractivity contribution in [2.75, 3.05) is 19.6 Å². The molecule has 0 aliphatic heterocycles. The second-order valence-corrected chi connectivity index (χ2v) is 7.38. The lowest BCUT2D eigenvalue weighted by Crippen LogP contribution is -2.50. The zero-order valence-electron chi connectivity index (χ0n) is 14.7. The summed E-state index contributed by atoms with van der Waals surface area (Å²) in [5.41, 5.74) is -0.752. The number of amides is 1. The molecule has 22 heavy (non-hydrogen) atoms. The third-order valence-electron chi connectivity index (χ3n) is 3.06. The third kappa shape index (κ3) is 6.98. The minimum absolute atomic E-state index is 0.271. The van der Waals surface area contributed by atoms with Crippen LogP contribution < -0.4 is 5.32 Å². The lowest BCUT2D eigenvalue weighted by molar-refractivity contribution is 0.00666. The van der Waals surface area contributed by atoms with Crippen LogP contribution in [-0.4, -0.2) is 41.8 Å². The maximum absolute atomic E-state index is 12.3. The molecule has 5 heteroatoms. The van der Waals surface area contributed by atoms with Gasteiger partial charge in [0.25, 0.3) is 0 Å². The fraction of sp³-hybridized carbons (Fsp3) is 0.706. The number of furan rings is 1. The predicted octanol–water partition coefficient (Wildman–Crippen LogP) is 3.45. The lowest BCUT2D eigenvalue weighted by atomic mass is 10.1. The molecule has 1 aromatic rings. The summed E-state index contributed by atoms with van der Waals surface area (Å²) >= 11 is 0. The first-order valence-corrected chi connectivity index (χ1v) is 7.83. The van der Waals surface area contributed by atoms with Crippen LogP contribution in [0.2, 0.25) is 0 Å². The molecule has 126 valence electrons. The standard InChI is InChI=1S/C17H30N2O3/c1-16(2,3)19(15(20)22-17(4,5)6)12-11-18-10-9-14-8-7-13-21-14/h7-8,13,18H,9-12H2,1-6H3. The smallest absolute Gasteiger partial charge is 0.410 e. The van der Waals surface area contributed by atoms with Gasteiger partial charge in [-0.3, -0.25) is 0 Å². The van der Waals surface area contributed by atoms with E-state index in [1.54, 1.807) is 11.2 Å². The van der Waals surface area contributed by atoms with Gasteiger partial charge in [-0.15, -0.1) is 0 Å². The van der Waals surface area contributed by atoms with E-state index in [0.717, 1.165) is 25.3 Å². The van der Waals surface area contributed by atoms with Gasteiger partial charge in [0.15, 0.2) is 0 Å². The molecule has 0 bridgehead atoms. The highest BCUT2D eigenvalue weighted by atomic mass is 16.6. The SMILES string of the molecule is CC(C)(C)OC(=O)N(CCNCCc1ccco1)C(C)(C)C. The van der Waals surface area contributed by atoms with Crippen LogP contribution in [0.4, 0.5) is 4.79 Å². The van der Waals surface area contributed by atoms with Crippen molar-refractivity contribution < 1.29 is 13.9 Å². The Balaban J connectivity index is 2.40. The Kier molecular flexibility index (Phi) is 6.48. The van der Waals surface area contributed by atoms with Crippen molar-refractivity contribution >= 4 is 6.09 Å². The quantitative estimate of drug-likeness (QED) is 0.818. The zero-order valence-corrected chi connectivity index (χ0v) is 14.7. The van der Waals surface area contributed by atoms with E-state index in [1.807, 2.05) is 53.7 Å². The number of hydrogen-bond acceptors (Lipinski definition) is 4. The molecular formula is C17H30N2O3. The number of nitrogens with one attached hydrogen (secondary N) is 1. The molecule has 0 aromatic carbocycles. The summed E-state index contributed by atoms with van der Waals surface area (Å²) in [5, 5.41) is 3.33. The second-order valence-electron chi connectivity index (χ2n) is 7.38. The van der Waals surface area contributed by atoms with E-state index < -0.39 is 5.60 Å². The number of ether oxygens (including phenoxy) is 1. The van der Waals surface area contributed by atoms with E-state index >= 15 is 0 Å². The van der Waals surface area contributed by atoms with Gasteiger partial charge in [0.1, 0.15) is 11.4 Å². The second kappa shape index (κ2) is 7.68. The molecule has 1 amide bonds. The average molecular weight is 310 g/mol. The van der Waals surface area contributed by atoms with E-state index in [-0.39, 0.29) is 11.6 Å². The van der Waals surface area contributed by atoms with Crippen LogP contribution in [0.15, 0.2) is 22.8 Å². The van der Waals surface area contributed by atoms with Crippen molar-refractivity contribution in [2.24, 2.45) is 0 Å². The van der Waals surface area contributed by atoms with Gasteiger partial charge in [-0.25, -0.2) is 4.79 Å². The zero-order chi connectivity index (χ0) is 16.8. The Bertz CT molecular complexity index is 441. The monoisotopic (exact) mass is 310 g/mol. The van der Waals surface area contributed by atoms with Crippen LogP contribution >= 0.6 is 0 Å². The molecule has 0 atom stereocenters. The first-order valence-electron chi connectivity index (χ1n) is 7.83. The Morgan fingerprint density at radius 2 is 1.91 bits per heavy atom. The van der Waals surface area contributed by atoms with Crippen molar-refractivity contribution in [1.82, 2.24) is 10.2 Å². The molecular weight excluding hydrogens is 280 g/mol. The Morgan fingerprint density at radius 3 is 2.41 bits per heavy atom. The van der Waals surface area contributed by atoms with Crippen molar-refractivity contribution in [1.29, 1.82) is 0 Å². The fourth-order valence-corrected chi connectivity index (χ4v) is 2.00. The molecule has 0 unspecified atom stereocenters. The highest BCUT2D eigenvalue weighted by Gasteiger charge is 2.30. The van der Waals surface area contributed by atoms with Crippen LogP contribution in [0.1, 0.15) is 47.3 Å². The van der Waals surface area contributed by atoms with Crippen LogP contribution in [0, 0.1) is 0 Å². The van der Waals surface area contributed by atoms with Gasteiger partial charge in [0.05, 0.1) is 6.26 Å². The number of nitrogens with zero attached hydrogens (tertiary/aromatic N) is 1. The molecule has 1 rings (SSSR count). The first-order chi connectivity index (χ1) is 10.1. The van der Waals surface area contributed by atoms with Gasteiger partial charge < -0.3 is 19.4 Å². The molecule has 0 fully saturated rings. The molecule has 1 N–H and O–H groups in total. The van der Waals surface area contributed by atoms with Crippen molar-refractivity contribution in [3.63, 3.8) is 0 Å². The Hall–Kier alpha value is -1.49. The molecule has 0 aliphatic carbocycles. The van der Waals surface area contributed by atoms with Gasteiger partial charge in [0.2, 0.25) is 0 Å². The topological polar surface area (TPSA) is 54.7 Å². The van der Waals surface area contributed by atoms with E-state index in [4.69, 9.17) is 9.15 Å². The van der Waals surface area contributed by atoms with Crippen LogP contribution in [-0.2, 0) is 11.2 Å². The highest BCUT2D eigenvalue weighted by Crippen LogP contribution is 2.17. The number of carbonyl (C=O) groups is 1. The van der Waals surface area contributed by atoms with Crippen LogP contribution in [0.5, 0.6) is 0 Å². The molecule has 0 radical (unpaired) electrons. The van der Waals surface area contributed by atoms with Crippen LogP contribution in [0.25, 0.3) is 0 Å². The maximum atomic E-state index is 12.3. The Labute approximate surface area is 134 Å². The molecule has 5 nitrogen and oxygen atoms in total. The third-order valence-corrected chi connectivity index (χ3v) is 3.06. The Morgan fingerprint density at radius 1 is 1.23 bits per heavy atom. The fourth-order valence-electron chi connectivity index (χ4n) is 2.00. The van der Waals surface area contributed by atoms with E-state index in [9.17, 15) is 4.79 Å². The predicted molar refractivity (Wildman–Crippen MR) is 88.0 cm³/mol. The van der Waals surface area contributed by atoms with Gasteiger partial charge >= 0.3 is 6.09 Å². The largest absolute Gasteiger partial charge is 0.469 e. The van der Waals surface area contributed by atoms with E-state index in [2.05, 4.69) is 5.32 Å². The summed E-state index contributed by atoms with van der Waals surface area (Å²) in [6.45, 7) is 13.8. The van der Waals surface area contributed by atoms with E-state index in [1.165, 1.54) is 0 Å². The van der Waals surface area contributed by atoms with Gasteiger partial charge in [0, 0.05) is 31.6 Å². The lowest BCUT2D eigenvalue weighted by Gasteiger charge is -2.36. The summed E-state index contributed by atoms with van der Waals surface area (Å²) in [4.78, 5) is 14.1. The molecule has 0 saturated heterocycles. The normalized spacial score (nSPS) is 12.3. The van der Waals surface area contributed by atoms with Crippen LogP contribution in [0.3, 0.4) is 0 Å². The minimum atomic E-state index is -0.479. The number of rotatable bonds is 6. The maximum Gasteiger partial charge on any atom is 0.410 e. The molecule has 0 spiro atoms.